The monoisotopic (exact) mass is 603 g/mol. The van der Waals surface area contributed by atoms with Crippen LogP contribution in [0.25, 0.3) is 11.4 Å². The molecule has 44 heavy (non-hydrogen) atoms. The molecule has 0 atom stereocenters. The van der Waals surface area contributed by atoms with E-state index in [0.29, 0.717) is 42.4 Å². The van der Waals surface area contributed by atoms with Crippen LogP contribution in [0, 0.1) is 0 Å². The van der Waals surface area contributed by atoms with Gasteiger partial charge in [0.2, 0.25) is 11.9 Å². The van der Waals surface area contributed by atoms with Crippen LogP contribution < -0.4 is 20.4 Å². The van der Waals surface area contributed by atoms with Gasteiger partial charge in [0.1, 0.15) is 0 Å². The van der Waals surface area contributed by atoms with E-state index >= 15 is 0 Å². The number of urea groups is 1. The number of amides is 2. The first-order valence-electron chi connectivity index (χ1n) is 15.4. The van der Waals surface area contributed by atoms with Crippen molar-refractivity contribution < 1.29 is 9.53 Å². The molecule has 2 saturated heterocycles. The number of hydrogen-bond donors (Lipinski definition) is 2. The standard InChI is InChI=1S/C31H41N9O2.2CH4/c41-31(34-26-12-14-32-15-13-26)33-25-10-8-24(9-11-25)28-35-29(37-30(36-28)40-20-22-42-23-21-40)39-18-16-38(17-19-39)27-6-4-2-1-3-5-7-27;;/h8-15,27H,1-7,16-23H2,(H2,32,33,34,41);2*1H4. The zero-order valence-corrected chi connectivity index (χ0v) is 24.2. The van der Waals surface area contributed by atoms with Crippen molar-refractivity contribution in [3.8, 4) is 11.4 Å². The minimum atomic E-state index is -0.315. The van der Waals surface area contributed by atoms with Crippen molar-refractivity contribution in [2.24, 2.45) is 0 Å². The van der Waals surface area contributed by atoms with Gasteiger partial charge in [0.05, 0.1) is 13.2 Å². The Morgan fingerprint density at radius 2 is 1.23 bits per heavy atom. The average molecular weight is 604 g/mol. The Morgan fingerprint density at radius 1 is 0.682 bits per heavy atom. The van der Waals surface area contributed by atoms with Crippen LogP contribution in [0.2, 0.25) is 0 Å². The molecule has 2 N–H and O–H groups in total. The first-order chi connectivity index (χ1) is 20.7. The SMILES string of the molecule is C.C.O=C(Nc1ccncc1)Nc1ccc(-c2nc(N3CCOCC3)nc(N3CCN(C4CCCCCCC4)CC3)n2)cc1. The zero-order chi connectivity index (χ0) is 28.6. The third-order valence-electron chi connectivity index (χ3n) is 8.43. The number of hydrogen-bond acceptors (Lipinski definition) is 9. The lowest BCUT2D eigenvalue weighted by atomic mass is 9.95. The minimum absolute atomic E-state index is 0. The number of piperazine rings is 1. The lowest BCUT2D eigenvalue weighted by molar-refractivity contribution is 0.122. The lowest BCUT2D eigenvalue weighted by Gasteiger charge is -2.40. The van der Waals surface area contributed by atoms with E-state index in [1.165, 1.54) is 44.9 Å². The number of aromatic nitrogens is 4. The third kappa shape index (κ3) is 8.63. The molecule has 11 nitrogen and oxygen atoms in total. The van der Waals surface area contributed by atoms with E-state index in [-0.39, 0.29) is 20.9 Å². The second-order valence-electron chi connectivity index (χ2n) is 11.3. The van der Waals surface area contributed by atoms with E-state index in [0.717, 1.165) is 50.8 Å². The highest BCUT2D eigenvalue weighted by molar-refractivity contribution is 5.99. The van der Waals surface area contributed by atoms with Gasteiger partial charge in [0.15, 0.2) is 5.82 Å². The van der Waals surface area contributed by atoms with E-state index in [4.69, 9.17) is 19.7 Å². The van der Waals surface area contributed by atoms with Gasteiger partial charge in [-0.3, -0.25) is 9.88 Å². The fraction of sp³-hybridized carbons (Fsp3) is 0.545. The van der Waals surface area contributed by atoms with Crippen molar-refractivity contribution in [3.63, 3.8) is 0 Å². The number of anilines is 4. The Labute approximate surface area is 262 Å². The van der Waals surface area contributed by atoms with Crippen molar-refractivity contribution in [2.75, 3.05) is 72.9 Å². The second-order valence-corrected chi connectivity index (χ2v) is 11.3. The van der Waals surface area contributed by atoms with E-state index in [1.54, 1.807) is 24.5 Å². The Bertz CT molecular complexity index is 1290. The highest BCUT2D eigenvalue weighted by Crippen LogP contribution is 2.26. The van der Waals surface area contributed by atoms with E-state index in [2.05, 4.69) is 30.3 Å². The predicted octanol–water partition coefficient (Wildman–Crippen LogP) is 5.92. The lowest BCUT2D eigenvalue weighted by Crippen LogP contribution is -2.51. The van der Waals surface area contributed by atoms with Gasteiger partial charge in [-0.25, -0.2) is 4.79 Å². The molecule has 3 aromatic rings. The second kappa shape index (κ2) is 16.3. The zero-order valence-electron chi connectivity index (χ0n) is 24.2. The molecule has 1 saturated carbocycles. The van der Waals surface area contributed by atoms with Gasteiger partial charge >= 0.3 is 6.03 Å². The maximum Gasteiger partial charge on any atom is 0.323 e. The summed E-state index contributed by atoms with van der Waals surface area (Å²) in [6.45, 7) is 6.76. The van der Waals surface area contributed by atoms with Crippen LogP contribution in [-0.2, 0) is 4.74 Å². The molecule has 3 aliphatic rings. The number of nitrogens with zero attached hydrogens (tertiary/aromatic N) is 7. The number of carbonyl (C=O) groups is 1. The maximum absolute atomic E-state index is 12.4. The van der Waals surface area contributed by atoms with E-state index in [9.17, 15) is 4.79 Å². The fourth-order valence-electron chi connectivity index (χ4n) is 6.05. The van der Waals surface area contributed by atoms with Crippen LogP contribution in [0.3, 0.4) is 0 Å². The van der Waals surface area contributed by atoms with Crippen molar-refractivity contribution in [2.45, 2.75) is 65.8 Å². The summed E-state index contributed by atoms with van der Waals surface area (Å²) in [6, 6.07) is 11.5. The van der Waals surface area contributed by atoms with Crippen LogP contribution in [-0.4, -0.2) is 89.4 Å². The van der Waals surface area contributed by atoms with E-state index in [1.807, 2.05) is 24.3 Å². The molecule has 2 aromatic heterocycles. The normalized spacial score (nSPS) is 18.3. The molecule has 1 aliphatic carbocycles. The fourth-order valence-corrected chi connectivity index (χ4v) is 6.05. The molecule has 6 rings (SSSR count). The predicted molar refractivity (Wildman–Crippen MR) is 179 cm³/mol. The number of rotatable bonds is 6. The van der Waals surface area contributed by atoms with Crippen molar-refractivity contribution in [3.05, 3.63) is 48.8 Å². The molecular formula is C33H49N9O2. The van der Waals surface area contributed by atoms with Crippen molar-refractivity contribution in [1.29, 1.82) is 0 Å². The molecule has 0 unspecified atom stereocenters. The number of pyridine rings is 1. The molecule has 2 aliphatic heterocycles. The molecule has 1 aromatic carbocycles. The van der Waals surface area contributed by atoms with Gasteiger partial charge in [-0.2, -0.15) is 15.0 Å². The summed E-state index contributed by atoms with van der Waals surface area (Å²) in [7, 11) is 0. The van der Waals surface area contributed by atoms with Crippen molar-refractivity contribution in [1.82, 2.24) is 24.8 Å². The van der Waals surface area contributed by atoms with Gasteiger partial charge < -0.3 is 25.2 Å². The Hall–Kier alpha value is -3.83. The Balaban J connectivity index is 0.00000221. The molecule has 0 bridgehead atoms. The summed E-state index contributed by atoms with van der Waals surface area (Å²) >= 11 is 0. The molecule has 2 amide bonds. The number of carbonyl (C=O) groups excluding carboxylic acids is 1. The van der Waals surface area contributed by atoms with Gasteiger partial charge in [0, 0.05) is 74.6 Å². The summed E-state index contributed by atoms with van der Waals surface area (Å²) in [6.07, 6.45) is 12.8. The van der Waals surface area contributed by atoms with E-state index < -0.39 is 0 Å². The first kappa shape index (κ1) is 33.1. The molecule has 0 spiro atoms. The van der Waals surface area contributed by atoms with Crippen LogP contribution in [0.15, 0.2) is 48.8 Å². The topological polar surface area (TPSA) is 112 Å². The van der Waals surface area contributed by atoms with Crippen LogP contribution in [0.4, 0.5) is 28.1 Å². The average Bonchev–Trinajstić information content (AvgIpc) is 3.02. The summed E-state index contributed by atoms with van der Waals surface area (Å²) < 4.78 is 5.58. The van der Waals surface area contributed by atoms with Crippen LogP contribution in [0.1, 0.15) is 59.8 Å². The first-order valence-corrected chi connectivity index (χ1v) is 15.4. The largest absolute Gasteiger partial charge is 0.378 e. The van der Waals surface area contributed by atoms with Gasteiger partial charge in [-0.15, -0.1) is 0 Å². The number of nitrogens with one attached hydrogen (secondary N) is 2. The smallest absolute Gasteiger partial charge is 0.323 e. The Morgan fingerprint density at radius 3 is 1.84 bits per heavy atom. The van der Waals surface area contributed by atoms with Gasteiger partial charge in [-0.05, 0) is 49.2 Å². The van der Waals surface area contributed by atoms with Gasteiger partial charge in [0.25, 0.3) is 0 Å². The highest BCUT2D eigenvalue weighted by Gasteiger charge is 2.27. The molecule has 0 radical (unpaired) electrons. The number of benzene rings is 1. The number of ether oxygens (including phenoxy) is 1. The summed E-state index contributed by atoms with van der Waals surface area (Å²) in [5, 5.41) is 5.68. The molecule has 3 fully saturated rings. The maximum atomic E-state index is 12.4. The summed E-state index contributed by atoms with van der Waals surface area (Å²) in [4.78, 5) is 38.4. The summed E-state index contributed by atoms with van der Waals surface area (Å²) in [5.41, 5.74) is 2.23. The molecule has 11 heteroatoms. The molecule has 4 heterocycles. The molecular weight excluding hydrogens is 554 g/mol. The van der Waals surface area contributed by atoms with Crippen LogP contribution >= 0.6 is 0 Å². The number of morpholine rings is 1. The quantitative estimate of drug-likeness (QED) is 0.355. The third-order valence-corrected chi connectivity index (χ3v) is 8.43. The Kier molecular flexibility index (Phi) is 12.3. The van der Waals surface area contributed by atoms with Crippen LogP contribution in [0.5, 0.6) is 0 Å². The molecule has 238 valence electrons. The van der Waals surface area contributed by atoms with Gasteiger partial charge in [-0.1, -0.05) is 47.0 Å². The summed E-state index contributed by atoms with van der Waals surface area (Å²) in [5.74, 6) is 2.06. The minimum Gasteiger partial charge on any atom is -0.378 e. The highest BCUT2D eigenvalue weighted by atomic mass is 16.5. The van der Waals surface area contributed by atoms with Crippen molar-refractivity contribution >= 4 is 29.3 Å².